The Hall–Kier alpha value is -1.88. The number of hydrogen-bond acceptors (Lipinski definition) is 3. The SMILES string of the molecule is O=C(N[C@@H](C(=O)O)c1ccccc1)C(O)C1CCCCC1. The van der Waals surface area contributed by atoms with E-state index < -0.39 is 24.0 Å². The number of nitrogens with one attached hydrogen (secondary N) is 1. The number of benzene rings is 1. The van der Waals surface area contributed by atoms with Crippen LogP contribution in [0.5, 0.6) is 0 Å². The molecule has 5 heteroatoms. The molecule has 0 aliphatic heterocycles. The Balaban J connectivity index is 2.03. The first-order valence-corrected chi connectivity index (χ1v) is 7.36. The molecule has 1 aromatic carbocycles. The molecule has 0 saturated heterocycles. The van der Waals surface area contributed by atoms with Crippen LogP contribution in [-0.2, 0) is 9.59 Å². The molecule has 1 unspecified atom stereocenters. The van der Waals surface area contributed by atoms with E-state index >= 15 is 0 Å². The van der Waals surface area contributed by atoms with Crippen LogP contribution < -0.4 is 5.32 Å². The van der Waals surface area contributed by atoms with E-state index in [4.69, 9.17) is 0 Å². The van der Waals surface area contributed by atoms with Crippen LogP contribution in [0.2, 0.25) is 0 Å². The van der Waals surface area contributed by atoms with Crippen LogP contribution in [-0.4, -0.2) is 28.2 Å². The largest absolute Gasteiger partial charge is 0.479 e. The summed E-state index contributed by atoms with van der Waals surface area (Å²) in [4.78, 5) is 23.4. The zero-order valence-corrected chi connectivity index (χ0v) is 11.9. The van der Waals surface area contributed by atoms with Crippen molar-refractivity contribution in [2.45, 2.75) is 44.2 Å². The van der Waals surface area contributed by atoms with Gasteiger partial charge in [0.1, 0.15) is 6.10 Å². The summed E-state index contributed by atoms with van der Waals surface area (Å²) < 4.78 is 0. The lowest BCUT2D eigenvalue weighted by atomic mass is 9.85. The molecule has 1 saturated carbocycles. The van der Waals surface area contributed by atoms with Crippen molar-refractivity contribution in [2.24, 2.45) is 5.92 Å². The summed E-state index contributed by atoms with van der Waals surface area (Å²) in [6, 6.07) is 7.38. The number of carbonyl (C=O) groups excluding carboxylic acids is 1. The lowest BCUT2D eigenvalue weighted by Gasteiger charge is -2.26. The summed E-state index contributed by atoms with van der Waals surface area (Å²) in [5.41, 5.74) is 0.495. The van der Waals surface area contributed by atoms with Gasteiger partial charge in [0.05, 0.1) is 0 Å². The van der Waals surface area contributed by atoms with Crippen molar-refractivity contribution < 1.29 is 19.8 Å². The topological polar surface area (TPSA) is 86.6 Å². The smallest absolute Gasteiger partial charge is 0.330 e. The Morgan fingerprint density at radius 1 is 1.10 bits per heavy atom. The van der Waals surface area contributed by atoms with E-state index in [0.29, 0.717) is 5.56 Å². The van der Waals surface area contributed by atoms with E-state index in [9.17, 15) is 19.8 Å². The van der Waals surface area contributed by atoms with E-state index in [1.807, 2.05) is 0 Å². The van der Waals surface area contributed by atoms with Gasteiger partial charge in [-0.3, -0.25) is 4.79 Å². The Bertz CT molecular complexity index is 482. The fourth-order valence-electron chi connectivity index (χ4n) is 2.82. The number of aliphatic carboxylic acids is 1. The molecular weight excluding hydrogens is 270 g/mol. The maximum Gasteiger partial charge on any atom is 0.330 e. The van der Waals surface area contributed by atoms with Gasteiger partial charge in [0.15, 0.2) is 6.04 Å². The number of carboxylic acid groups (broad SMARTS) is 1. The number of carbonyl (C=O) groups is 2. The van der Waals surface area contributed by atoms with Gasteiger partial charge in [-0.1, -0.05) is 49.6 Å². The van der Waals surface area contributed by atoms with Crippen molar-refractivity contribution >= 4 is 11.9 Å². The second kappa shape index (κ2) is 7.22. The summed E-state index contributed by atoms with van der Waals surface area (Å²) in [5, 5.41) is 21.8. The van der Waals surface area contributed by atoms with Crippen LogP contribution in [0.4, 0.5) is 0 Å². The maximum atomic E-state index is 12.1. The highest BCUT2D eigenvalue weighted by molar-refractivity contribution is 5.87. The minimum atomic E-state index is -1.13. The van der Waals surface area contributed by atoms with Gasteiger partial charge in [-0.05, 0) is 24.3 Å². The minimum Gasteiger partial charge on any atom is -0.479 e. The number of carboxylic acids is 1. The van der Waals surface area contributed by atoms with Gasteiger partial charge in [-0.2, -0.15) is 0 Å². The molecule has 2 atom stereocenters. The molecule has 0 heterocycles. The van der Waals surface area contributed by atoms with Crippen molar-refractivity contribution in [3.63, 3.8) is 0 Å². The molecule has 0 bridgehead atoms. The molecule has 1 aromatic rings. The average Bonchev–Trinajstić information content (AvgIpc) is 2.53. The zero-order chi connectivity index (χ0) is 15.2. The third kappa shape index (κ3) is 4.04. The first-order valence-electron chi connectivity index (χ1n) is 7.36. The van der Waals surface area contributed by atoms with E-state index in [-0.39, 0.29) is 5.92 Å². The van der Waals surface area contributed by atoms with Crippen molar-refractivity contribution in [3.05, 3.63) is 35.9 Å². The van der Waals surface area contributed by atoms with Gasteiger partial charge >= 0.3 is 5.97 Å². The Kier molecular flexibility index (Phi) is 5.33. The van der Waals surface area contributed by atoms with E-state index in [2.05, 4.69) is 5.32 Å². The van der Waals surface area contributed by atoms with Crippen LogP contribution in [0.15, 0.2) is 30.3 Å². The monoisotopic (exact) mass is 291 g/mol. The summed E-state index contributed by atoms with van der Waals surface area (Å²) >= 11 is 0. The van der Waals surface area contributed by atoms with E-state index in [1.54, 1.807) is 30.3 Å². The molecule has 1 aliphatic rings. The fraction of sp³-hybridized carbons (Fsp3) is 0.500. The van der Waals surface area contributed by atoms with Crippen molar-refractivity contribution in [3.8, 4) is 0 Å². The Labute approximate surface area is 124 Å². The molecule has 0 radical (unpaired) electrons. The first kappa shape index (κ1) is 15.5. The zero-order valence-electron chi connectivity index (χ0n) is 11.9. The molecule has 21 heavy (non-hydrogen) atoms. The van der Waals surface area contributed by atoms with Gasteiger partial charge in [0, 0.05) is 0 Å². The van der Waals surface area contributed by atoms with Gasteiger partial charge in [-0.25, -0.2) is 4.79 Å². The molecule has 1 aliphatic carbocycles. The molecule has 5 nitrogen and oxygen atoms in total. The summed E-state index contributed by atoms with van der Waals surface area (Å²) in [7, 11) is 0. The summed E-state index contributed by atoms with van der Waals surface area (Å²) in [5.74, 6) is -1.80. The second-order valence-electron chi connectivity index (χ2n) is 5.53. The molecule has 3 N–H and O–H groups in total. The maximum absolute atomic E-state index is 12.1. The number of hydrogen-bond donors (Lipinski definition) is 3. The highest BCUT2D eigenvalue weighted by atomic mass is 16.4. The predicted molar refractivity (Wildman–Crippen MR) is 77.5 cm³/mol. The van der Waals surface area contributed by atoms with Crippen LogP contribution in [0.1, 0.15) is 43.7 Å². The number of rotatable bonds is 5. The van der Waals surface area contributed by atoms with Gasteiger partial charge < -0.3 is 15.5 Å². The highest BCUT2D eigenvalue weighted by Crippen LogP contribution is 2.27. The highest BCUT2D eigenvalue weighted by Gasteiger charge is 2.31. The first-order chi connectivity index (χ1) is 10.1. The van der Waals surface area contributed by atoms with Gasteiger partial charge in [0.25, 0.3) is 0 Å². The summed E-state index contributed by atoms with van der Waals surface area (Å²) in [6.07, 6.45) is 3.66. The lowest BCUT2D eigenvalue weighted by Crippen LogP contribution is -2.43. The van der Waals surface area contributed by atoms with Crippen molar-refractivity contribution in [1.82, 2.24) is 5.32 Å². The van der Waals surface area contributed by atoms with Crippen LogP contribution in [0.25, 0.3) is 0 Å². The number of aliphatic hydroxyl groups excluding tert-OH is 1. The average molecular weight is 291 g/mol. The number of amides is 1. The van der Waals surface area contributed by atoms with Gasteiger partial charge in [0.2, 0.25) is 5.91 Å². The Morgan fingerprint density at radius 3 is 2.29 bits per heavy atom. The third-order valence-electron chi connectivity index (χ3n) is 4.03. The molecular formula is C16H21NO4. The number of aliphatic hydroxyl groups is 1. The molecule has 114 valence electrons. The second-order valence-corrected chi connectivity index (χ2v) is 5.53. The fourth-order valence-corrected chi connectivity index (χ4v) is 2.82. The third-order valence-corrected chi connectivity index (χ3v) is 4.03. The van der Waals surface area contributed by atoms with E-state index in [1.165, 1.54) is 0 Å². The normalized spacial score (nSPS) is 18.7. The minimum absolute atomic E-state index is 0.0658. The lowest BCUT2D eigenvalue weighted by molar-refractivity contribution is -0.144. The molecule has 0 spiro atoms. The molecule has 1 fully saturated rings. The van der Waals surface area contributed by atoms with Crippen LogP contribution >= 0.6 is 0 Å². The predicted octanol–water partition coefficient (Wildman–Crippen LogP) is 1.87. The standard InChI is InChI=1S/C16H21NO4/c18-14(12-9-5-2-6-10-12)15(19)17-13(16(20)21)11-7-3-1-4-8-11/h1,3-4,7-8,12-14,18H,2,5-6,9-10H2,(H,17,19)(H,20,21)/t13-,14?/m1/s1. The molecule has 1 amide bonds. The van der Waals surface area contributed by atoms with Crippen LogP contribution in [0.3, 0.4) is 0 Å². The van der Waals surface area contributed by atoms with Crippen molar-refractivity contribution in [2.75, 3.05) is 0 Å². The molecule has 2 rings (SSSR count). The van der Waals surface area contributed by atoms with E-state index in [0.717, 1.165) is 32.1 Å². The quantitative estimate of drug-likeness (QED) is 0.773. The van der Waals surface area contributed by atoms with Gasteiger partial charge in [-0.15, -0.1) is 0 Å². The van der Waals surface area contributed by atoms with Crippen molar-refractivity contribution in [1.29, 1.82) is 0 Å². The van der Waals surface area contributed by atoms with Crippen LogP contribution in [0, 0.1) is 5.92 Å². The summed E-state index contributed by atoms with van der Waals surface area (Å²) in [6.45, 7) is 0. The Morgan fingerprint density at radius 2 is 1.71 bits per heavy atom. The molecule has 0 aromatic heterocycles.